The molecule has 7 aromatic rings. The molecule has 18 heteroatoms. The van der Waals surface area contributed by atoms with Crippen LogP contribution < -0.4 is 38.9 Å². The van der Waals surface area contributed by atoms with Gasteiger partial charge in [0, 0.05) is 43.2 Å². The number of likely N-dealkylation sites (N-methyl/N-ethyl adjacent to an activating group) is 1. The molecule has 115 heavy (non-hydrogen) atoms. The third-order valence-corrected chi connectivity index (χ3v) is 28.7. The Morgan fingerprint density at radius 2 is 0.722 bits per heavy atom. The Balaban J connectivity index is 0.000000132. The monoisotopic (exact) mass is 1590 g/mol. The number of alkyl halides is 4. The van der Waals surface area contributed by atoms with Crippen molar-refractivity contribution in [2.24, 2.45) is 34.8 Å². The molecule has 3 aliphatic heterocycles. The van der Waals surface area contributed by atoms with Crippen molar-refractivity contribution in [2.75, 3.05) is 40.5 Å². The zero-order chi connectivity index (χ0) is 82.3. The first kappa shape index (κ1) is 89.4. The molecule has 10 nitrogen and oxygen atoms in total. The average Bonchev–Trinajstić information content (AvgIpc) is 0.732. The van der Waals surface area contributed by atoms with E-state index in [-0.39, 0.29) is 75.1 Å². The number of rotatable bonds is 11. The van der Waals surface area contributed by atoms with E-state index in [0.29, 0.717) is 49.6 Å². The summed E-state index contributed by atoms with van der Waals surface area (Å²) in [7, 11) is 3.96. The Kier molecular flexibility index (Phi) is 29.8. The van der Waals surface area contributed by atoms with Crippen LogP contribution in [0.1, 0.15) is 264 Å². The number of halogens is 8. The average molecular weight is 1600 g/mol. The zero-order valence-electron chi connectivity index (χ0n) is 69.3. The fourth-order valence-corrected chi connectivity index (χ4v) is 21.4. The molecule has 12 atom stereocenters. The fraction of sp³-hybridized carbons (Fsp3) is 0.567. The quantitative estimate of drug-likeness (QED) is 0.0619. The Bertz CT molecular complexity index is 4200. The predicted octanol–water partition coefficient (Wildman–Crippen LogP) is 22.0. The zero-order valence-corrected chi connectivity index (χ0v) is 69.3. The van der Waals surface area contributed by atoms with Gasteiger partial charge in [0.15, 0.2) is 0 Å². The van der Waals surface area contributed by atoms with Gasteiger partial charge in [-0.1, -0.05) is 231 Å². The van der Waals surface area contributed by atoms with E-state index in [4.69, 9.17) is 37.1 Å². The summed E-state index contributed by atoms with van der Waals surface area (Å²) in [4.78, 5) is 0. The lowest BCUT2D eigenvalue weighted by molar-refractivity contribution is -0.217. The van der Waals surface area contributed by atoms with Crippen molar-refractivity contribution in [3.05, 3.63) is 250 Å². The lowest BCUT2D eigenvalue weighted by Gasteiger charge is -2.58. The van der Waals surface area contributed by atoms with Gasteiger partial charge < -0.3 is 53.1 Å². The topological polar surface area (TPSA) is 168 Å². The minimum atomic E-state index is -2.79. The summed E-state index contributed by atoms with van der Waals surface area (Å²) in [6, 6.07) is 54.2. The molecule has 7 saturated carbocycles. The smallest absolute Gasteiger partial charge is 0.270 e. The maximum absolute atomic E-state index is 14.5. The van der Waals surface area contributed by atoms with Gasteiger partial charge in [-0.25, -0.2) is 35.1 Å². The van der Waals surface area contributed by atoms with Gasteiger partial charge in [-0.05, 0) is 222 Å². The molecule has 3 spiro atoms. The normalized spacial score (nSPS) is 32.8. The van der Waals surface area contributed by atoms with Crippen LogP contribution in [0.3, 0.4) is 0 Å². The van der Waals surface area contributed by atoms with E-state index in [1.54, 1.807) is 66.7 Å². The van der Waals surface area contributed by atoms with Crippen molar-refractivity contribution in [1.82, 2.24) is 16.0 Å². The molecule has 11 N–H and O–H groups in total. The second-order valence-electron chi connectivity index (χ2n) is 34.9. The van der Waals surface area contributed by atoms with Crippen LogP contribution in [0, 0.1) is 42.0 Å². The molecular formula is C97H131F8N7O3. The molecule has 3 heterocycles. The maximum atomic E-state index is 14.5. The van der Waals surface area contributed by atoms with Crippen molar-refractivity contribution in [3.63, 3.8) is 0 Å². The maximum Gasteiger partial charge on any atom is 0.270 e. The van der Waals surface area contributed by atoms with E-state index >= 15 is 0 Å². The van der Waals surface area contributed by atoms with Gasteiger partial charge in [0.1, 0.15) is 34.3 Å². The van der Waals surface area contributed by atoms with Gasteiger partial charge in [0.2, 0.25) is 0 Å². The molecule has 628 valence electrons. The van der Waals surface area contributed by atoms with Crippen LogP contribution in [0.5, 0.6) is 0 Å². The van der Waals surface area contributed by atoms with Crippen molar-refractivity contribution in [1.29, 1.82) is 0 Å². The van der Waals surface area contributed by atoms with Crippen LogP contribution in [0.2, 0.25) is 0 Å². The number of nitrogens with one attached hydrogen (secondary N) is 3. The second kappa shape index (κ2) is 38.3. The van der Waals surface area contributed by atoms with Gasteiger partial charge in [0.05, 0.1) is 53.2 Å². The lowest BCUT2D eigenvalue weighted by Crippen LogP contribution is -2.67. The number of ether oxygens (including phenoxy) is 3. The molecule has 0 bridgehead atoms. The molecule has 3 saturated heterocycles. The summed E-state index contributed by atoms with van der Waals surface area (Å²) in [6.07, 6.45) is 29.4. The van der Waals surface area contributed by atoms with E-state index in [1.807, 2.05) is 94.7 Å². The molecule has 5 unspecified atom stereocenters. The summed E-state index contributed by atoms with van der Waals surface area (Å²) in [5, 5.41) is 10.0. The van der Waals surface area contributed by atoms with Crippen LogP contribution in [0.4, 0.5) is 35.1 Å². The van der Waals surface area contributed by atoms with Crippen LogP contribution in [0.15, 0.2) is 182 Å². The highest BCUT2D eigenvalue weighted by Crippen LogP contribution is 2.56. The Labute approximate surface area is 680 Å². The second-order valence-corrected chi connectivity index (χ2v) is 34.9. The van der Waals surface area contributed by atoms with Crippen LogP contribution >= 0.6 is 0 Å². The van der Waals surface area contributed by atoms with E-state index in [1.165, 1.54) is 81.2 Å². The Morgan fingerprint density at radius 3 is 1.18 bits per heavy atom. The van der Waals surface area contributed by atoms with Gasteiger partial charge in [-0.3, -0.25) is 0 Å². The first-order chi connectivity index (χ1) is 55.1. The van der Waals surface area contributed by atoms with Crippen molar-refractivity contribution < 1.29 is 49.3 Å². The van der Waals surface area contributed by atoms with E-state index in [9.17, 15) is 35.1 Å². The molecule has 0 radical (unpaired) electrons. The van der Waals surface area contributed by atoms with Gasteiger partial charge in [-0.2, -0.15) is 0 Å². The first-order valence-corrected chi connectivity index (χ1v) is 43.2. The number of benzene rings is 7. The third-order valence-electron chi connectivity index (χ3n) is 28.7. The fourth-order valence-electron chi connectivity index (χ4n) is 21.4. The number of aryl methyl sites for hydroxylation is 1. The summed E-state index contributed by atoms with van der Waals surface area (Å²) in [6.45, 7) is 11.3. The molecule has 10 aliphatic rings. The highest BCUT2D eigenvalue weighted by molar-refractivity contribution is 5.38. The van der Waals surface area contributed by atoms with Crippen molar-refractivity contribution >= 4 is 0 Å². The summed E-state index contributed by atoms with van der Waals surface area (Å²) >= 11 is 0. The van der Waals surface area contributed by atoms with Crippen molar-refractivity contribution in [2.45, 2.75) is 294 Å². The molecule has 7 aliphatic carbocycles. The number of nitrogens with two attached hydrogens (primary N) is 4. The molecule has 17 rings (SSSR count). The van der Waals surface area contributed by atoms with E-state index in [2.05, 4.69) is 54.1 Å². The molecule has 0 aromatic heterocycles. The predicted molar refractivity (Wildman–Crippen MR) is 447 cm³/mol. The summed E-state index contributed by atoms with van der Waals surface area (Å²) in [5.74, 6) is -5.16. The molecule has 7 aromatic carbocycles. The highest BCUT2D eigenvalue weighted by Gasteiger charge is 2.61. The third kappa shape index (κ3) is 18.5. The van der Waals surface area contributed by atoms with E-state index in [0.717, 1.165) is 162 Å². The van der Waals surface area contributed by atoms with Gasteiger partial charge >= 0.3 is 0 Å². The lowest BCUT2D eigenvalue weighted by atomic mass is 9.62. The minimum Gasteiger partial charge on any atom is -0.373 e. The first-order valence-electron chi connectivity index (χ1n) is 43.2. The highest BCUT2D eigenvalue weighted by atomic mass is 19.3. The number of hydrogen-bond donors (Lipinski definition) is 7. The Morgan fingerprint density at radius 1 is 0.348 bits per heavy atom. The van der Waals surface area contributed by atoms with Crippen LogP contribution in [0.25, 0.3) is 0 Å². The minimum absolute atomic E-state index is 0.0195. The molecule has 0 amide bonds. The Hall–Kier alpha value is -6.42. The van der Waals surface area contributed by atoms with E-state index < -0.39 is 28.5 Å². The van der Waals surface area contributed by atoms with Crippen LogP contribution in [-0.2, 0) is 53.0 Å². The SMILES string of the molecule is CC1CCCC[C@@]1(N)c1cccc(F)c1.CCN[C@@]1(c2ccccc2C)CCCCC1(F)F.CN[C@@]1(c2cccc(F)c2)CCCCC12CCO2.CN[C@@]1(c2cccc(F)c2)CCCCC1C.N[C@@]1(c2cccc(F)c2)CCCCC12CCO2.N[C@@]1(c2ccccc2)CCCCC1(F)F.N[C@@]1(c2ccccc2)CCCCC12CCO2. The molecular weight excluding hydrogens is 1460 g/mol. The van der Waals surface area contributed by atoms with Crippen molar-refractivity contribution in [3.8, 4) is 0 Å². The largest absolute Gasteiger partial charge is 0.373 e. The molecule has 10 fully saturated rings. The number of hydrogen-bond acceptors (Lipinski definition) is 10. The standard InChI is InChI=1S/C15H21F2N.C15H20FNO.C14H18FNO.C14H20FN.C14H19NO.C13H18FN.C12H15F2N/c1-3-18-14(10-6-7-11-15(14,16)17)13-9-5-4-8-12(13)2;1-17-15(12-5-4-6-13(16)11-12)8-3-2-7-14(15)9-10-18-14;15-12-5-3-4-11(10-12)14(16)7-2-1-6-13(14)8-9-17-13;1-11-6-3-4-9-14(11,16-2)12-7-5-8-13(15)10-12;15-14(12-6-2-1-3-7-12)9-5-4-8-13(14)10-11-16-13;1-10-5-2-3-8-13(10,15)11-6-4-7-12(14)9-11;13-12(14)9-5-4-8-11(12,15)10-6-2-1-3-7-10/h4-5,8-9,18H,3,6-7,10-11H2,1-2H3;4-6,11,17H,2-3,7-10H2,1H3;3-5,10H,1-2,6-9,16H2;5,7-8,10-11,16H,3-4,6,9H2,1-2H3;1-3,6-7H,4-5,8-11,15H2;4,6-7,9-10H,2-3,5,8,15H2,1H3;1-3,6-7H,4-5,8-9,15H2/t14-;14?,15-;13?,14-;11?,14-;13?,14-;10?,13-;11-/m1110101/s1. The van der Waals surface area contributed by atoms with Gasteiger partial charge in [0.25, 0.3) is 11.8 Å². The van der Waals surface area contributed by atoms with Crippen LogP contribution in [-0.4, -0.2) is 69.1 Å². The summed E-state index contributed by atoms with van der Waals surface area (Å²) < 4.78 is 128. The van der Waals surface area contributed by atoms with Gasteiger partial charge in [-0.15, -0.1) is 0 Å². The summed E-state index contributed by atoms with van der Waals surface area (Å²) in [5.41, 5.74) is 28.7.